The van der Waals surface area contributed by atoms with Crippen LogP contribution in [0.3, 0.4) is 0 Å². The SMILES string of the molecule is CN(CCOc1ccccc1)CC(=O)NC12CC3CC(CC(C3)C1)C2. The summed E-state index contributed by atoms with van der Waals surface area (Å²) in [4.78, 5) is 14.6. The lowest BCUT2D eigenvalue weighted by molar-refractivity contribution is -0.127. The van der Waals surface area contributed by atoms with Gasteiger partial charge < -0.3 is 10.1 Å². The molecule has 0 heterocycles. The van der Waals surface area contributed by atoms with Gasteiger partial charge in [-0.25, -0.2) is 0 Å². The van der Waals surface area contributed by atoms with Gasteiger partial charge in [0.15, 0.2) is 0 Å². The molecule has 4 saturated carbocycles. The van der Waals surface area contributed by atoms with Crippen LogP contribution in [0.1, 0.15) is 38.5 Å². The van der Waals surface area contributed by atoms with Crippen LogP contribution < -0.4 is 10.1 Å². The molecule has 5 rings (SSSR count). The van der Waals surface area contributed by atoms with Crippen molar-refractivity contribution in [1.29, 1.82) is 0 Å². The fraction of sp³-hybridized carbons (Fsp3) is 0.667. The van der Waals surface area contributed by atoms with Crippen LogP contribution in [0.25, 0.3) is 0 Å². The van der Waals surface area contributed by atoms with Crippen LogP contribution in [-0.4, -0.2) is 43.1 Å². The number of carbonyl (C=O) groups excluding carboxylic acids is 1. The van der Waals surface area contributed by atoms with Crippen LogP contribution in [0.15, 0.2) is 30.3 Å². The lowest BCUT2D eigenvalue weighted by Gasteiger charge is -2.57. The molecule has 0 radical (unpaired) electrons. The molecule has 1 aromatic rings. The van der Waals surface area contributed by atoms with Gasteiger partial charge in [-0.3, -0.25) is 9.69 Å². The second kappa shape index (κ2) is 6.99. The number of nitrogens with zero attached hydrogens (tertiary/aromatic N) is 1. The molecular formula is C21H30N2O2. The fourth-order valence-electron chi connectivity index (χ4n) is 5.76. The number of carbonyl (C=O) groups is 1. The van der Waals surface area contributed by atoms with Gasteiger partial charge in [-0.05, 0) is 75.5 Å². The average Bonchev–Trinajstić information content (AvgIpc) is 2.53. The van der Waals surface area contributed by atoms with Gasteiger partial charge in [0.1, 0.15) is 12.4 Å². The summed E-state index contributed by atoms with van der Waals surface area (Å²) in [6.07, 6.45) is 7.87. The summed E-state index contributed by atoms with van der Waals surface area (Å²) in [5.74, 6) is 3.66. The Morgan fingerprint density at radius 2 is 1.72 bits per heavy atom. The summed E-state index contributed by atoms with van der Waals surface area (Å²) in [5.41, 5.74) is 0.118. The standard InChI is InChI=1S/C21H30N2O2/c1-23(7-8-25-19-5-3-2-4-6-19)15-20(24)22-21-12-16-9-17(13-21)11-18(10-16)14-21/h2-6,16-18H,7-15H2,1H3,(H,22,24). The van der Waals surface area contributed by atoms with Gasteiger partial charge in [0.05, 0.1) is 6.54 Å². The zero-order valence-corrected chi connectivity index (χ0v) is 15.2. The molecule has 0 saturated heterocycles. The van der Waals surface area contributed by atoms with E-state index in [1.165, 1.54) is 38.5 Å². The molecule has 1 N–H and O–H groups in total. The van der Waals surface area contributed by atoms with Crippen LogP contribution in [0.2, 0.25) is 0 Å². The summed E-state index contributed by atoms with van der Waals surface area (Å²) in [6, 6.07) is 9.84. The second-order valence-electron chi connectivity index (χ2n) is 8.65. The first-order valence-corrected chi connectivity index (χ1v) is 9.78. The number of benzene rings is 1. The topological polar surface area (TPSA) is 41.6 Å². The normalized spacial score (nSPS) is 32.8. The van der Waals surface area contributed by atoms with E-state index in [0.717, 1.165) is 30.0 Å². The number of nitrogens with one attached hydrogen (secondary N) is 1. The van der Waals surface area contributed by atoms with Crippen molar-refractivity contribution in [1.82, 2.24) is 10.2 Å². The third-order valence-corrected chi connectivity index (χ3v) is 6.34. The maximum Gasteiger partial charge on any atom is 0.234 e. The van der Waals surface area contributed by atoms with Gasteiger partial charge in [0, 0.05) is 12.1 Å². The lowest BCUT2D eigenvalue weighted by Crippen LogP contribution is -2.60. The minimum Gasteiger partial charge on any atom is -0.492 e. The van der Waals surface area contributed by atoms with E-state index in [4.69, 9.17) is 4.74 Å². The van der Waals surface area contributed by atoms with E-state index in [1.54, 1.807) is 0 Å². The number of para-hydroxylation sites is 1. The molecule has 4 aliphatic carbocycles. The molecule has 0 atom stereocenters. The first-order valence-electron chi connectivity index (χ1n) is 9.78. The molecule has 4 bridgehead atoms. The molecule has 4 aliphatic rings. The number of hydrogen-bond acceptors (Lipinski definition) is 3. The van der Waals surface area contributed by atoms with Crippen LogP contribution in [0, 0.1) is 17.8 Å². The zero-order chi connectivity index (χ0) is 17.3. The first-order chi connectivity index (χ1) is 12.1. The molecule has 0 aliphatic heterocycles. The lowest BCUT2D eigenvalue weighted by atomic mass is 9.53. The van der Waals surface area contributed by atoms with E-state index in [0.29, 0.717) is 13.2 Å². The summed E-state index contributed by atoms with van der Waals surface area (Å²) in [5, 5.41) is 3.44. The quantitative estimate of drug-likeness (QED) is 0.828. The van der Waals surface area contributed by atoms with Gasteiger partial charge in [-0.2, -0.15) is 0 Å². The Labute approximate surface area is 150 Å². The Morgan fingerprint density at radius 3 is 2.32 bits per heavy atom. The van der Waals surface area contributed by atoms with Crippen LogP contribution >= 0.6 is 0 Å². The summed E-state index contributed by atoms with van der Waals surface area (Å²) in [6.45, 7) is 1.81. The minimum atomic E-state index is 0.118. The van der Waals surface area contributed by atoms with Crippen LogP contribution in [-0.2, 0) is 4.79 Å². The van der Waals surface area contributed by atoms with E-state index in [1.807, 2.05) is 37.4 Å². The van der Waals surface area contributed by atoms with Gasteiger partial charge in [0.2, 0.25) is 5.91 Å². The molecule has 0 aromatic heterocycles. The number of likely N-dealkylation sites (N-methyl/N-ethyl adjacent to an activating group) is 1. The van der Waals surface area contributed by atoms with Crippen LogP contribution in [0.5, 0.6) is 5.75 Å². The molecule has 136 valence electrons. The average molecular weight is 342 g/mol. The van der Waals surface area contributed by atoms with E-state index in [-0.39, 0.29) is 11.4 Å². The smallest absolute Gasteiger partial charge is 0.234 e. The number of rotatable bonds is 7. The maximum absolute atomic E-state index is 12.6. The predicted octanol–water partition coefficient (Wildman–Crippen LogP) is 3.08. The van der Waals surface area contributed by atoms with Crippen molar-refractivity contribution in [2.24, 2.45) is 17.8 Å². The van der Waals surface area contributed by atoms with Crippen molar-refractivity contribution in [2.45, 2.75) is 44.1 Å². The highest BCUT2D eigenvalue weighted by Crippen LogP contribution is 2.55. The Bertz CT molecular complexity index is 566. The summed E-state index contributed by atoms with van der Waals surface area (Å²) < 4.78 is 5.72. The van der Waals surface area contributed by atoms with Crippen molar-refractivity contribution in [3.8, 4) is 5.75 Å². The highest BCUT2D eigenvalue weighted by atomic mass is 16.5. The summed E-state index contributed by atoms with van der Waals surface area (Å²) in [7, 11) is 1.99. The molecule has 1 amide bonds. The second-order valence-corrected chi connectivity index (χ2v) is 8.65. The minimum absolute atomic E-state index is 0.118. The number of hydrogen-bond donors (Lipinski definition) is 1. The zero-order valence-electron chi connectivity index (χ0n) is 15.2. The summed E-state index contributed by atoms with van der Waals surface area (Å²) >= 11 is 0. The molecule has 0 unspecified atom stereocenters. The van der Waals surface area contributed by atoms with E-state index < -0.39 is 0 Å². The molecular weight excluding hydrogens is 312 g/mol. The van der Waals surface area contributed by atoms with Crippen molar-refractivity contribution in [3.63, 3.8) is 0 Å². The van der Waals surface area contributed by atoms with Gasteiger partial charge in [0.25, 0.3) is 0 Å². The van der Waals surface area contributed by atoms with E-state index >= 15 is 0 Å². The maximum atomic E-state index is 12.6. The van der Waals surface area contributed by atoms with Crippen molar-refractivity contribution in [2.75, 3.05) is 26.7 Å². The molecule has 4 nitrogen and oxygen atoms in total. The molecule has 4 heteroatoms. The highest BCUT2D eigenvalue weighted by molar-refractivity contribution is 5.79. The largest absolute Gasteiger partial charge is 0.492 e. The molecule has 0 spiro atoms. The third-order valence-electron chi connectivity index (χ3n) is 6.34. The van der Waals surface area contributed by atoms with E-state index in [9.17, 15) is 4.79 Å². The first kappa shape index (κ1) is 16.9. The van der Waals surface area contributed by atoms with Crippen molar-refractivity contribution >= 4 is 5.91 Å². The Balaban J connectivity index is 1.22. The van der Waals surface area contributed by atoms with Crippen molar-refractivity contribution < 1.29 is 9.53 Å². The van der Waals surface area contributed by atoms with Crippen molar-refractivity contribution in [3.05, 3.63) is 30.3 Å². The predicted molar refractivity (Wildman–Crippen MR) is 98.5 cm³/mol. The Hall–Kier alpha value is -1.55. The van der Waals surface area contributed by atoms with Gasteiger partial charge in [-0.1, -0.05) is 18.2 Å². The Morgan fingerprint density at radius 1 is 1.12 bits per heavy atom. The monoisotopic (exact) mass is 342 g/mol. The number of ether oxygens (including phenoxy) is 1. The van der Waals surface area contributed by atoms with E-state index in [2.05, 4.69) is 10.2 Å². The molecule has 25 heavy (non-hydrogen) atoms. The highest BCUT2D eigenvalue weighted by Gasteiger charge is 2.51. The van der Waals surface area contributed by atoms with Gasteiger partial charge >= 0.3 is 0 Å². The fourth-order valence-corrected chi connectivity index (χ4v) is 5.76. The Kier molecular flexibility index (Phi) is 4.72. The number of amides is 1. The third kappa shape index (κ3) is 4.00. The van der Waals surface area contributed by atoms with Gasteiger partial charge in [-0.15, -0.1) is 0 Å². The molecule has 4 fully saturated rings. The van der Waals surface area contributed by atoms with Crippen LogP contribution in [0.4, 0.5) is 0 Å². The molecule has 1 aromatic carbocycles.